The standard InChI is InChI=1S/C19H21N3OS3/c1-3-9-22-18(23)16-13-7-5-6-8-14(13)26-17(16)21-19(22)25-11-12-10-24-15(4-2)20-12/h3,10H,1,4-9,11H2,2H3. The molecule has 3 heterocycles. The van der Waals surface area contributed by atoms with Crippen LogP contribution in [0.1, 0.15) is 40.9 Å². The Morgan fingerprint density at radius 1 is 1.35 bits per heavy atom. The van der Waals surface area contributed by atoms with Gasteiger partial charge in [-0.1, -0.05) is 24.8 Å². The molecule has 0 aliphatic heterocycles. The monoisotopic (exact) mass is 403 g/mol. The number of thiazole rings is 1. The van der Waals surface area contributed by atoms with Crippen molar-refractivity contribution >= 4 is 44.7 Å². The van der Waals surface area contributed by atoms with Gasteiger partial charge in [0, 0.05) is 22.6 Å². The number of aromatic nitrogens is 3. The Morgan fingerprint density at radius 2 is 2.19 bits per heavy atom. The summed E-state index contributed by atoms with van der Waals surface area (Å²) in [5.74, 6) is 0.733. The van der Waals surface area contributed by atoms with Crippen molar-refractivity contribution in [1.29, 1.82) is 0 Å². The molecule has 7 heteroatoms. The Kier molecular flexibility index (Phi) is 5.29. The van der Waals surface area contributed by atoms with Gasteiger partial charge in [-0.15, -0.1) is 29.3 Å². The fourth-order valence-electron chi connectivity index (χ4n) is 3.34. The van der Waals surface area contributed by atoms with Gasteiger partial charge in [0.25, 0.3) is 5.56 Å². The van der Waals surface area contributed by atoms with Gasteiger partial charge in [-0.2, -0.15) is 0 Å². The third-order valence-electron chi connectivity index (χ3n) is 4.60. The van der Waals surface area contributed by atoms with Gasteiger partial charge < -0.3 is 0 Å². The lowest BCUT2D eigenvalue weighted by atomic mass is 9.97. The van der Waals surface area contributed by atoms with E-state index in [2.05, 4.69) is 23.9 Å². The third-order valence-corrected chi connectivity index (χ3v) is 7.84. The highest BCUT2D eigenvalue weighted by atomic mass is 32.2. The fraction of sp³-hybridized carbons (Fsp3) is 0.421. The Bertz CT molecular complexity index is 1020. The molecule has 0 fully saturated rings. The Hall–Kier alpha value is -1.44. The molecular weight excluding hydrogens is 382 g/mol. The zero-order valence-corrected chi connectivity index (χ0v) is 17.2. The Balaban J connectivity index is 1.74. The van der Waals surface area contributed by atoms with E-state index in [1.807, 2.05) is 0 Å². The highest BCUT2D eigenvalue weighted by molar-refractivity contribution is 7.98. The summed E-state index contributed by atoms with van der Waals surface area (Å²) in [5, 5.41) is 4.87. The van der Waals surface area contributed by atoms with Gasteiger partial charge in [-0.05, 0) is 37.7 Å². The van der Waals surface area contributed by atoms with E-state index in [0.29, 0.717) is 6.54 Å². The molecule has 0 atom stereocenters. The highest BCUT2D eigenvalue weighted by Gasteiger charge is 2.22. The molecule has 0 spiro atoms. The van der Waals surface area contributed by atoms with Crippen LogP contribution in [-0.4, -0.2) is 14.5 Å². The lowest BCUT2D eigenvalue weighted by Crippen LogP contribution is -2.23. The van der Waals surface area contributed by atoms with Gasteiger partial charge in [0.15, 0.2) is 5.16 Å². The van der Waals surface area contributed by atoms with E-state index < -0.39 is 0 Å². The van der Waals surface area contributed by atoms with Crippen LogP contribution in [0.3, 0.4) is 0 Å². The predicted molar refractivity (Wildman–Crippen MR) is 112 cm³/mol. The average Bonchev–Trinajstić information content (AvgIpc) is 3.26. The summed E-state index contributed by atoms with van der Waals surface area (Å²) in [6.45, 7) is 6.43. The Labute approximate surface area is 165 Å². The molecule has 0 amide bonds. The second kappa shape index (κ2) is 7.66. The Morgan fingerprint density at radius 3 is 2.96 bits per heavy atom. The number of thiophene rings is 1. The maximum atomic E-state index is 13.2. The molecule has 0 saturated heterocycles. The zero-order chi connectivity index (χ0) is 18.1. The number of hydrogen-bond donors (Lipinski definition) is 0. The molecular formula is C19H21N3OS3. The second-order valence-corrected chi connectivity index (χ2v) is 9.33. The molecule has 26 heavy (non-hydrogen) atoms. The van der Waals surface area contributed by atoms with E-state index in [4.69, 9.17) is 4.98 Å². The maximum absolute atomic E-state index is 13.2. The van der Waals surface area contributed by atoms with E-state index >= 15 is 0 Å². The lowest BCUT2D eigenvalue weighted by Gasteiger charge is -2.12. The van der Waals surface area contributed by atoms with Gasteiger partial charge in [-0.3, -0.25) is 9.36 Å². The summed E-state index contributed by atoms with van der Waals surface area (Å²) in [6.07, 6.45) is 7.20. The predicted octanol–water partition coefficient (Wildman–Crippen LogP) is 4.83. The molecule has 1 aliphatic rings. The minimum Gasteiger partial charge on any atom is -0.283 e. The van der Waals surface area contributed by atoms with Crippen molar-refractivity contribution in [2.45, 2.75) is 56.5 Å². The van der Waals surface area contributed by atoms with Gasteiger partial charge in [0.05, 0.1) is 16.1 Å². The molecule has 0 saturated carbocycles. The third kappa shape index (κ3) is 3.28. The van der Waals surface area contributed by atoms with Gasteiger partial charge in [-0.25, -0.2) is 9.97 Å². The van der Waals surface area contributed by atoms with Gasteiger partial charge in [0.2, 0.25) is 0 Å². The summed E-state index contributed by atoms with van der Waals surface area (Å²) >= 11 is 5.00. The number of fused-ring (bicyclic) bond motifs is 3. The first-order valence-corrected chi connectivity index (χ1v) is 11.6. The van der Waals surface area contributed by atoms with Crippen molar-refractivity contribution < 1.29 is 0 Å². The summed E-state index contributed by atoms with van der Waals surface area (Å²) in [4.78, 5) is 24.9. The summed E-state index contributed by atoms with van der Waals surface area (Å²) in [6, 6.07) is 0. The summed E-state index contributed by atoms with van der Waals surface area (Å²) in [7, 11) is 0. The van der Waals surface area contributed by atoms with Crippen molar-refractivity contribution in [1.82, 2.24) is 14.5 Å². The number of nitrogens with zero attached hydrogens (tertiary/aromatic N) is 3. The highest BCUT2D eigenvalue weighted by Crippen LogP contribution is 2.35. The largest absolute Gasteiger partial charge is 0.283 e. The summed E-state index contributed by atoms with van der Waals surface area (Å²) in [5.41, 5.74) is 2.39. The van der Waals surface area contributed by atoms with Crippen molar-refractivity contribution in [3.63, 3.8) is 0 Å². The number of rotatable bonds is 6. The quantitative estimate of drug-likeness (QED) is 0.336. The van der Waals surface area contributed by atoms with E-state index in [-0.39, 0.29) is 5.56 Å². The van der Waals surface area contributed by atoms with E-state index in [1.165, 1.54) is 23.3 Å². The van der Waals surface area contributed by atoms with Crippen LogP contribution in [0.15, 0.2) is 28.0 Å². The zero-order valence-electron chi connectivity index (χ0n) is 14.8. The topological polar surface area (TPSA) is 47.8 Å². The smallest absolute Gasteiger partial charge is 0.263 e. The van der Waals surface area contributed by atoms with Gasteiger partial charge in [0.1, 0.15) is 4.83 Å². The van der Waals surface area contributed by atoms with E-state index in [0.717, 1.165) is 51.1 Å². The van der Waals surface area contributed by atoms with Crippen molar-refractivity contribution in [2.75, 3.05) is 0 Å². The summed E-state index contributed by atoms with van der Waals surface area (Å²) < 4.78 is 1.77. The molecule has 1 aliphatic carbocycles. The van der Waals surface area contributed by atoms with Crippen LogP contribution in [0.2, 0.25) is 0 Å². The first-order valence-electron chi connectivity index (χ1n) is 8.93. The molecule has 4 rings (SSSR count). The van der Waals surface area contributed by atoms with Crippen LogP contribution < -0.4 is 5.56 Å². The lowest BCUT2D eigenvalue weighted by molar-refractivity contribution is 0.668. The SMILES string of the molecule is C=CCn1c(SCc2csc(CC)n2)nc2sc3c(c2c1=O)CCCC3. The number of thioether (sulfide) groups is 1. The van der Waals surface area contributed by atoms with Crippen LogP contribution in [0.4, 0.5) is 0 Å². The number of hydrogen-bond acceptors (Lipinski definition) is 6. The maximum Gasteiger partial charge on any atom is 0.263 e. The number of allylic oxidation sites excluding steroid dienone is 1. The molecule has 136 valence electrons. The van der Waals surface area contributed by atoms with Crippen molar-refractivity contribution in [3.05, 3.63) is 49.5 Å². The van der Waals surface area contributed by atoms with Crippen LogP contribution in [0.5, 0.6) is 0 Å². The minimum absolute atomic E-state index is 0.0873. The fourth-order valence-corrected chi connectivity index (χ4v) is 6.39. The van der Waals surface area contributed by atoms with E-state index in [1.54, 1.807) is 45.1 Å². The number of aryl methyl sites for hydroxylation is 3. The van der Waals surface area contributed by atoms with E-state index in [9.17, 15) is 4.79 Å². The molecule has 4 nitrogen and oxygen atoms in total. The normalized spacial score (nSPS) is 13.9. The molecule has 3 aromatic rings. The van der Waals surface area contributed by atoms with Crippen LogP contribution in [0.25, 0.3) is 10.2 Å². The van der Waals surface area contributed by atoms with Crippen molar-refractivity contribution in [3.8, 4) is 0 Å². The first kappa shape index (κ1) is 17.9. The van der Waals surface area contributed by atoms with Gasteiger partial charge >= 0.3 is 0 Å². The van der Waals surface area contributed by atoms with Crippen LogP contribution >= 0.6 is 34.4 Å². The average molecular weight is 404 g/mol. The molecule has 0 N–H and O–H groups in total. The van der Waals surface area contributed by atoms with Crippen molar-refractivity contribution in [2.24, 2.45) is 0 Å². The molecule has 0 aromatic carbocycles. The molecule has 0 radical (unpaired) electrons. The first-order chi connectivity index (χ1) is 12.7. The second-order valence-electron chi connectivity index (χ2n) is 6.36. The van der Waals surface area contributed by atoms with Crippen LogP contribution in [0, 0.1) is 0 Å². The minimum atomic E-state index is 0.0873. The molecule has 3 aromatic heterocycles. The molecule has 0 bridgehead atoms. The molecule has 0 unspecified atom stereocenters. The van der Waals surface area contributed by atoms with Crippen LogP contribution in [-0.2, 0) is 31.6 Å².